The normalized spacial score (nSPS) is 21.8. The Labute approximate surface area is 174 Å². The minimum Gasteiger partial charge on any atom is -0.496 e. The first-order valence-electron chi connectivity index (χ1n) is 9.81. The van der Waals surface area contributed by atoms with E-state index in [1.54, 1.807) is 23.7 Å². The molecule has 6 nitrogen and oxygen atoms in total. The number of aromatic nitrogens is 2. The third-order valence-electron chi connectivity index (χ3n) is 6.15. The summed E-state index contributed by atoms with van der Waals surface area (Å²) in [5, 5.41) is 0.895. The lowest BCUT2D eigenvalue weighted by molar-refractivity contribution is 0.415. The average molecular weight is 428 g/mol. The van der Waals surface area contributed by atoms with Gasteiger partial charge in [-0.15, -0.1) is 0 Å². The van der Waals surface area contributed by atoms with Gasteiger partial charge in [0.2, 0.25) is 10.0 Å². The summed E-state index contributed by atoms with van der Waals surface area (Å²) < 4.78 is 44.6. The fraction of sp³-hybridized carbons (Fsp3) is 0.318. The van der Waals surface area contributed by atoms with Crippen LogP contribution in [0.2, 0.25) is 0 Å². The first-order valence-corrected chi connectivity index (χ1v) is 11.7. The summed E-state index contributed by atoms with van der Waals surface area (Å²) >= 11 is 0. The van der Waals surface area contributed by atoms with Crippen molar-refractivity contribution in [2.24, 2.45) is 11.8 Å². The van der Waals surface area contributed by atoms with Crippen LogP contribution in [0.1, 0.15) is 12.1 Å². The van der Waals surface area contributed by atoms with Crippen molar-refractivity contribution in [3.8, 4) is 16.9 Å². The second kappa shape index (κ2) is 6.92. The van der Waals surface area contributed by atoms with Crippen LogP contribution in [0.3, 0.4) is 0 Å². The van der Waals surface area contributed by atoms with Crippen LogP contribution in [0, 0.1) is 17.7 Å². The number of nitrogens with one attached hydrogen (secondary N) is 1. The number of benzene rings is 1. The summed E-state index contributed by atoms with van der Waals surface area (Å²) in [5.74, 6) is 0.809. The molecule has 2 aliphatic rings. The van der Waals surface area contributed by atoms with Crippen LogP contribution in [0.15, 0.2) is 42.6 Å². The van der Waals surface area contributed by atoms with Crippen molar-refractivity contribution in [1.82, 2.24) is 14.3 Å². The number of pyridine rings is 1. The summed E-state index contributed by atoms with van der Waals surface area (Å²) in [6, 6.07) is 8.38. The second-order valence-corrected chi connectivity index (χ2v) is 10.0. The van der Waals surface area contributed by atoms with Crippen molar-refractivity contribution in [1.29, 1.82) is 0 Å². The average Bonchev–Trinajstić information content (AvgIpc) is 3.39. The number of H-pyrrole nitrogens is 1. The van der Waals surface area contributed by atoms with E-state index in [1.165, 1.54) is 24.0 Å². The van der Waals surface area contributed by atoms with E-state index in [2.05, 4.69) is 16.0 Å². The molecule has 5 rings (SSSR count). The lowest BCUT2D eigenvalue weighted by atomic mass is 9.99. The molecule has 0 spiro atoms. The molecular weight excluding hydrogens is 405 g/mol. The lowest BCUT2D eigenvalue weighted by Crippen LogP contribution is -2.28. The predicted octanol–water partition coefficient (Wildman–Crippen LogP) is 3.67. The molecule has 1 aromatic carbocycles. The fourth-order valence-corrected chi connectivity index (χ4v) is 5.57. The Kier molecular flexibility index (Phi) is 4.44. The van der Waals surface area contributed by atoms with Gasteiger partial charge in [-0.05, 0) is 59.7 Å². The first-order chi connectivity index (χ1) is 14.3. The minimum atomic E-state index is -3.15. The van der Waals surface area contributed by atoms with Crippen LogP contribution in [0.4, 0.5) is 4.39 Å². The van der Waals surface area contributed by atoms with Gasteiger partial charge < -0.3 is 9.72 Å². The molecule has 1 N–H and O–H groups in total. The Morgan fingerprint density at radius 2 is 2.03 bits per heavy atom. The molecule has 0 radical (unpaired) electrons. The van der Waals surface area contributed by atoms with Gasteiger partial charge in [0.25, 0.3) is 0 Å². The maximum absolute atomic E-state index is 13.9. The van der Waals surface area contributed by atoms with Crippen molar-refractivity contribution < 1.29 is 17.5 Å². The topological polar surface area (TPSA) is 75.3 Å². The number of rotatable bonds is 4. The molecule has 3 heterocycles. The van der Waals surface area contributed by atoms with Crippen LogP contribution in [-0.4, -0.2) is 49.1 Å². The van der Waals surface area contributed by atoms with Gasteiger partial charge in [0.15, 0.2) is 0 Å². The number of ether oxygens (including phenoxy) is 1. The van der Waals surface area contributed by atoms with E-state index in [9.17, 15) is 12.8 Å². The summed E-state index contributed by atoms with van der Waals surface area (Å²) in [5.41, 5.74) is 4.40. The Bertz CT molecular complexity index is 1280. The number of hydrogen-bond acceptors (Lipinski definition) is 4. The van der Waals surface area contributed by atoms with Crippen LogP contribution >= 0.6 is 0 Å². The Balaban J connectivity index is 1.52. The largest absolute Gasteiger partial charge is 0.496 e. The van der Waals surface area contributed by atoms with Crippen molar-refractivity contribution in [2.75, 3.05) is 26.5 Å². The number of allylic oxidation sites excluding steroid dienone is 1. The zero-order valence-corrected chi connectivity index (χ0v) is 17.5. The van der Waals surface area contributed by atoms with E-state index in [-0.39, 0.29) is 11.7 Å². The first kappa shape index (κ1) is 19.3. The smallest absolute Gasteiger partial charge is 0.211 e. The molecule has 0 amide bonds. The van der Waals surface area contributed by atoms with E-state index in [4.69, 9.17) is 4.74 Å². The number of sulfonamides is 1. The number of hydrogen-bond donors (Lipinski definition) is 1. The number of aromatic amines is 1. The Morgan fingerprint density at radius 1 is 1.20 bits per heavy atom. The molecule has 2 aromatic heterocycles. The standard InChI is InChI=1S/C22H22FN3O3S/c1-29-21-4-3-16(23)9-18(21)17-5-6-24-22-19(17)10-20(25-22)13-7-14-11-26(30(2,27)28)12-15(14)8-13/h3-7,9-10,14-15H,8,11-12H2,1-2H3,(H,24,25)/t14-,15+/m1/s1. The van der Waals surface area contributed by atoms with Gasteiger partial charge in [0.1, 0.15) is 17.2 Å². The molecule has 0 unspecified atom stereocenters. The van der Waals surface area contributed by atoms with E-state index in [1.807, 2.05) is 12.1 Å². The van der Waals surface area contributed by atoms with Gasteiger partial charge in [0.05, 0.1) is 13.4 Å². The van der Waals surface area contributed by atoms with Crippen molar-refractivity contribution in [3.63, 3.8) is 0 Å². The fourth-order valence-electron chi connectivity index (χ4n) is 4.67. The molecule has 0 saturated carbocycles. The molecule has 156 valence electrons. The maximum atomic E-state index is 13.9. The molecule has 3 aromatic rings. The molecule has 1 aliphatic carbocycles. The number of methoxy groups -OCH3 is 1. The highest BCUT2D eigenvalue weighted by atomic mass is 32.2. The molecule has 1 fully saturated rings. The van der Waals surface area contributed by atoms with E-state index < -0.39 is 10.0 Å². The van der Waals surface area contributed by atoms with Gasteiger partial charge in [-0.2, -0.15) is 0 Å². The number of fused-ring (bicyclic) bond motifs is 2. The van der Waals surface area contributed by atoms with Crippen molar-refractivity contribution >= 4 is 26.6 Å². The molecule has 30 heavy (non-hydrogen) atoms. The Morgan fingerprint density at radius 3 is 2.77 bits per heavy atom. The van der Waals surface area contributed by atoms with Crippen LogP contribution < -0.4 is 4.74 Å². The summed E-state index contributed by atoms with van der Waals surface area (Å²) in [7, 11) is -1.58. The SMILES string of the molecule is COc1ccc(F)cc1-c1ccnc2[nH]c(C3=C[C@@H]4CN(S(C)(=O)=O)C[C@@H]4C3)cc12. The Hall–Kier alpha value is -2.71. The van der Waals surface area contributed by atoms with E-state index in [0.29, 0.717) is 30.3 Å². The van der Waals surface area contributed by atoms with Gasteiger partial charge in [0, 0.05) is 35.9 Å². The molecule has 1 saturated heterocycles. The molecule has 1 aliphatic heterocycles. The predicted molar refractivity (Wildman–Crippen MR) is 114 cm³/mol. The summed E-state index contributed by atoms with van der Waals surface area (Å²) in [6.07, 6.45) is 5.97. The molecular formula is C22H22FN3O3S. The minimum absolute atomic E-state index is 0.233. The van der Waals surface area contributed by atoms with Crippen LogP contribution in [-0.2, 0) is 10.0 Å². The molecule has 0 bridgehead atoms. The highest BCUT2D eigenvalue weighted by molar-refractivity contribution is 7.88. The van der Waals surface area contributed by atoms with Crippen molar-refractivity contribution in [2.45, 2.75) is 6.42 Å². The van der Waals surface area contributed by atoms with Crippen molar-refractivity contribution in [3.05, 3.63) is 54.1 Å². The van der Waals surface area contributed by atoms with Gasteiger partial charge in [-0.3, -0.25) is 0 Å². The highest BCUT2D eigenvalue weighted by Crippen LogP contribution is 2.43. The van der Waals surface area contributed by atoms with E-state index >= 15 is 0 Å². The zero-order chi connectivity index (χ0) is 21.0. The lowest BCUT2D eigenvalue weighted by Gasteiger charge is -2.13. The maximum Gasteiger partial charge on any atom is 0.211 e. The number of nitrogens with zero attached hydrogens (tertiary/aromatic N) is 2. The summed E-state index contributed by atoms with van der Waals surface area (Å²) in [6.45, 7) is 1.10. The monoisotopic (exact) mass is 427 g/mol. The highest BCUT2D eigenvalue weighted by Gasteiger charge is 2.40. The van der Waals surface area contributed by atoms with Gasteiger partial charge in [-0.25, -0.2) is 22.1 Å². The third-order valence-corrected chi connectivity index (χ3v) is 7.39. The molecule has 8 heteroatoms. The van der Waals surface area contributed by atoms with Gasteiger partial charge >= 0.3 is 0 Å². The van der Waals surface area contributed by atoms with Crippen LogP contribution in [0.25, 0.3) is 27.7 Å². The van der Waals surface area contributed by atoms with E-state index in [0.717, 1.165) is 28.7 Å². The van der Waals surface area contributed by atoms with Crippen LogP contribution in [0.5, 0.6) is 5.75 Å². The quantitative estimate of drug-likeness (QED) is 0.689. The van der Waals surface area contributed by atoms with Gasteiger partial charge in [-0.1, -0.05) is 6.08 Å². The third kappa shape index (κ3) is 3.20. The number of halogens is 1. The summed E-state index contributed by atoms with van der Waals surface area (Å²) in [4.78, 5) is 7.83. The molecule has 2 atom stereocenters. The second-order valence-electron chi connectivity index (χ2n) is 8.05. The zero-order valence-electron chi connectivity index (χ0n) is 16.7.